The van der Waals surface area contributed by atoms with Gasteiger partial charge in [-0.05, 0) is 37.1 Å². The van der Waals surface area contributed by atoms with Gasteiger partial charge in [-0.3, -0.25) is 0 Å². The molecule has 0 aliphatic carbocycles. The Bertz CT molecular complexity index is 769. The second kappa shape index (κ2) is 14.1. The first-order valence-electron chi connectivity index (χ1n) is 9.59. The zero-order valence-electron chi connectivity index (χ0n) is 17.7. The van der Waals surface area contributed by atoms with Crippen molar-refractivity contribution in [3.63, 3.8) is 0 Å². The van der Waals surface area contributed by atoms with Gasteiger partial charge in [0.2, 0.25) is 0 Å². The fraction of sp³-hybridized carbons (Fsp3) is 0.409. The van der Waals surface area contributed by atoms with Crippen molar-refractivity contribution < 1.29 is 14.2 Å². The van der Waals surface area contributed by atoms with E-state index in [9.17, 15) is 0 Å². The number of methoxy groups -OCH3 is 2. The van der Waals surface area contributed by atoms with E-state index in [0.717, 1.165) is 29.6 Å². The Hall–Kier alpha value is -2.00. The number of hydrogen-bond acceptors (Lipinski definition) is 4. The zero-order valence-corrected chi connectivity index (χ0v) is 20.0. The van der Waals surface area contributed by atoms with Gasteiger partial charge < -0.3 is 24.8 Å². The SMILES string of the molecule is CCNC(=NCc1ccc(OC)cc1OC)NCc1ccccc1COCC.I. The lowest BCUT2D eigenvalue weighted by Crippen LogP contribution is -2.37. The topological polar surface area (TPSA) is 64.1 Å². The Labute approximate surface area is 191 Å². The normalized spacial score (nSPS) is 10.8. The predicted molar refractivity (Wildman–Crippen MR) is 128 cm³/mol. The summed E-state index contributed by atoms with van der Waals surface area (Å²) in [5.74, 6) is 2.29. The van der Waals surface area contributed by atoms with E-state index in [1.807, 2.05) is 44.2 Å². The summed E-state index contributed by atoms with van der Waals surface area (Å²) in [7, 11) is 3.30. The number of rotatable bonds is 10. The van der Waals surface area contributed by atoms with E-state index >= 15 is 0 Å². The monoisotopic (exact) mass is 513 g/mol. The smallest absolute Gasteiger partial charge is 0.191 e. The second-order valence-corrected chi connectivity index (χ2v) is 6.13. The number of hydrogen-bond donors (Lipinski definition) is 2. The molecule has 0 aliphatic rings. The van der Waals surface area contributed by atoms with Crippen LogP contribution < -0.4 is 20.1 Å². The van der Waals surface area contributed by atoms with Crippen LogP contribution in [0.5, 0.6) is 11.5 Å². The molecule has 0 amide bonds. The highest BCUT2D eigenvalue weighted by atomic mass is 127. The van der Waals surface area contributed by atoms with E-state index in [4.69, 9.17) is 19.2 Å². The fourth-order valence-electron chi connectivity index (χ4n) is 2.75. The van der Waals surface area contributed by atoms with E-state index in [1.165, 1.54) is 11.1 Å². The maximum Gasteiger partial charge on any atom is 0.191 e. The van der Waals surface area contributed by atoms with Crippen molar-refractivity contribution in [3.8, 4) is 11.5 Å². The number of guanidine groups is 1. The summed E-state index contributed by atoms with van der Waals surface area (Å²) in [6.07, 6.45) is 0. The summed E-state index contributed by atoms with van der Waals surface area (Å²) in [4.78, 5) is 4.70. The van der Waals surface area contributed by atoms with Crippen LogP contribution in [0.2, 0.25) is 0 Å². The summed E-state index contributed by atoms with van der Waals surface area (Å²) >= 11 is 0. The van der Waals surface area contributed by atoms with Crippen molar-refractivity contribution in [2.24, 2.45) is 4.99 Å². The molecule has 29 heavy (non-hydrogen) atoms. The Balaban J connectivity index is 0.00000420. The molecule has 0 aliphatic heterocycles. The Morgan fingerprint density at radius 3 is 2.34 bits per heavy atom. The van der Waals surface area contributed by atoms with Crippen molar-refractivity contribution in [2.75, 3.05) is 27.4 Å². The molecule has 7 heteroatoms. The highest BCUT2D eigenvalue weighted by Crippen LogP contribution is 2.25. The van der Waals surface area contributed by atoms with Crippen molar-refractivity contribution >= 4 is 29.9 Å². The van der Waals surface area contributed by atoms with E-state index in [0.29, 0.717) is 26.3 Å². The van der Waals surface area contributed by atoms with Crippen LogP contribution in [-0.2, 0) is 24.4 Å². The molecular formula is C22H32IN3O3. The zero-order chi connectivity index (χ0) is 20.2. The van der Waals surface area contributed by atoms with Crippen molar-refractivity contribution in [3.05, 3.63) is 59.2 Å². The molecule has 2 aromatic rings. The van der Waals surface area contributed by atoms with Gasteiger partial charge in [-0.25, -0.2) is 4.99 Å². The van der Waals surface area contributed by atoms with E-state index in [1.54, 1.807) is 14.2 Å². The van der Waals surface area contributed by atoms with Gasteiger partial charge in [0.15, 0.2) is 5.96 Å². The van der Waals surface area contributed by atoms with E-state index < -0.39 is 0 Å². The molecule has 0 unspecified atom stereocenters. The van der Waals surface area contributed by atoms with Crippen LogP contribution in [-0.4, -0.2) is 33.3 Å². The Morgan fingerprint density at radius 2 is 1.69 bits per heavy atom. The lowest BCUT2D eigenvalue weighted by Gasteiger charge is -2.15. The van der Waals surface area contributed by atoms with Gasteiger partial charge in [-0.15, -0.1) is 24.0 Å². The number of halogens is 1. The minimum atomic E-state index is 0. The molecule has 0 radical (unpaired) electrons. The van der Waals surface area contributed by atoms with Crippen molar-refractivity contribution in [1.82, 2.24) is 10.6 Å². The lowest BCUT2D eigenvalue weighted by atomic mass is 10.1. The first-order valence-corrected chi connectivity index (χ1v) is 9.59. The van der Waals surface area contributed by atoms with Gasteiger partial charge in [0.05, 0.1) is 27.4 Å². The molecule has 0 heterocycles. The molecule has 0 bridgehead atoms. The maximum atomic E-state index is 5.57. The third-order valence-corrected chi connectivity index (χ3v) is 4.27. The van der Waals surface area contributed by atoms with E-state index in [2.05, 4.69) is 22.8 Å². The van der Waals surface area contributed by atoms with E-state index in [-0.39, 0.29) is 24.0 Å². The molecule has 6 nitrogen and oxygen atoms in total. The highest BCUT2D eigenvalue weighted by molar-refractivity contribution is 14.0. The average Bonchev–Trinajstić information content (AvgIpc) is 2.74. The molecule has 160 valence electrons. The minimum absolute atomic E-state index is 0. The van der Waals surface area contributed by atoms with Crippen LogP contribution in [0, 0.1) is 0 Å². The van der Waals surface area contributed by atoms with Gasteiger partial charge in [0, 0.05) is 31.3 Å². The third kappa shape index (κ3) is 8.10. The number of nitrogens with one attached hydrogen (secondary N) is 2. The first kappa shape index (κ1) is 25.0. The van der Waals surface area contributed by atoms with Crippen LogP contribution in [0.4, 0.5) is 0 Å². The second-order valence-electron chi connectivity index (χ2n) is 6.13. The third-order valence-electron chi connectivity index (χ3n) is 4.27. The van der Waals surface area contributed by atoms with Crippen LogP contribution in [0.15, 0.2) is 47.5 Å². The highest BCUT2D eigenvalue weighted by Gasteiger charge is 2.07. The summed E-state index contributed by atoms with van der Waals surface area (Å²) < 4.78 is 16.3. The van der Waals surface area contributed by atoms with Gasteiger partial charge in [-0.1, -0.05) is 24.3 Å². The number of aliphatic imine (C=N–C) groups is 1. The van der Waals surface area contributed by atoms with Crippen LogP contribution in [0.25, 0.3) is 0 Å². The number of benzene rings is 2. The molecule has 2 rings (SSSR count). The molecule has 2 aromatic carbocycles. The summed E-state index contributed by atoms with van der Waals surface area (Å²) in [5.41, 5.74) is 3.38. The van der Waals surface area contributed by atoms with Gasteiger partial charge in [-0.2, -0.15) is 0 Å². The molecule has 0 fully saturated rings. The average molecular weight is 513 g/mol. The van der Waals surface area contributed by atoms with Crippen molar-refractivity contribution in [2.45, 2.75) is 33.5 Å². The molecular weight excluding hydrogens is 481 g/mol. The lowest BCUT2D eigenvalue weighted by molar-refractivity contribution is 0.133. The quantitative estimate of drug-likeness (QED) is 0.285. The first-order chi connectivity index (χ1) is 13.7. The minimum Gasteiger partial charge on any atom is -0.497 e. The van der Waals surface area contributed by atoms with Crippen molar-refractivity contribution in [1.29, 1.82) is 0 Å². The summed E-state index contributed by atoms with van der Waals surface area (Å²) in [6, 6.07) is 14.0. The van der Waals surface area contributed by atoms with Crippen LogP contribution in [0.1, 0.15) is 30.5 Å². The van der Waals surface area contributed by atoms with Gasteiger partial charge in [0.1, 0.15) is 11.5 Å². The van der Waals surface area contributed by atoms with Gasteiger partial charge in [0.25, 0.3) is 0 Å². The molecule has 0 spiro atoms. The Morgan fingerprint density at radius 1 is 0.931 bits per heavy atom. The molecule has 0 saturated carbocycles. The Kier molecular flexibility index (Phi) is 12.1. The predicted octanol–water partition coefficient (Wildman–Crippen LogP) is 4.11. The largest absolute Gasteiger partial charge is 0.497 e. The maximum absolute atomic E-state index is 5.57. The number of nitrogens with zero attached hydrogens (tertiary/aromatic N) is 1. The molecule has 0 saturated heterocycles. The summed E-state index contributed by atoms with van der Waals surface area (Å²) in [5, 5.41) is 6.69. The molecule has 0 atom stereocenters. The molecule has 2 N–H and O–H groups in total. The van der Waals surface area contributed by atoms with Crippen LogP contribution >= 0.6 is 24.0 Å². The van der Waals surface area contributed by atoms with Gasteiger partial charge >= 0.3 is 0 Å². The summed E-state index contributed by atoms with van der Waals surface area (Å²) in [6.45, 7) is 7.34. The standard InChI is InChI=1S/C22H31N3O3.HI/c1-5-23-22(24-14-17-9-7-8-10-19(17)16-28-6-2)25-15-18-11-12-20(26-3)13-21(18)27-4;/h7-13H,5-6,14-16H2,1-4H3,(H2,23,24,25);1H. The number of ether oxygens (including phenoxy) is 3. The van der Waals surface area contributed by atoms with Crippen LogP contribution in [0.3, 0.4) is 0 Å². The molecule has 0 aromatic heterocycles. The fourth-order valence-corrected chi connectivity index (χ4v) is 2.75.